The van der Waals surface area contributed by atoms with Gasteiger partial charge in [0, 0.05) is 58.5 Å². The van der Waals surface area contributed by atoms with Crippen molar-refractivity contribution in [1.82, 2.24) is 10.2 Å². The molecule has 22 heavy (non-hydrogen) atoms. The van der Waals surface area contributed by atoms with Gasteiger partial charge in [-0.05, 0) is 12.8 Å². The summed E-state index contributed by atoms with van der Waals surface area (Å²) in [5.74, 6) is 2.82. The van der Waals surface area contributed by atoms with E-state index in [4.69, 9.17) is 11.2 Å². The van der Waals surface area contributed by atoms with Gasteiger partial charge in [0.25, 0.3) is 0 Å². The molecule has 6 nitrogen and oxygen atoms in total. The summed E-state index contributed by atoms with van der Waals surface area (Å²) in [5, 5.41) is 11.6. The summed E-state index contributed by atoms with van der Waals surface area (Å²) in [7, 11) is 1.71. The molecule has 0 unspecified atom stereocenters. The van der Waals surface area contributed by atoms with E-state index < -0.39 is 0 Å². The van der Waals surface area contributed by atoms with Crippen LogP contribution in [0.3, 0.4) is 0 Å². The number of piperidine rings is 1. The number of hydrogen-bond donors (Lipinski definition) is 1. The zero-order chi connectivity index (χ0) is 15.8. The molecule has 2 heterocycles. The normalized spacial score (nSPS) is 19.9. The summed E-state index contributed by atoms with van der Waals surface area (Å²) in [5.41, 5.74) is -0.345. The number of methoxy groups -OCH3 is 1. The Balaban J connectivity index is 1.62. The smallest absolute Gasteiger partial charge is 0.222 e. The van der Waals surface area contributed by atoms with E-state index in [1.54, 1.807) is 7.11 Å². The first-order valence-corrected chi connectivity index (χ1v) is 8.07. The Morgan fingerprint density at radius 1 is 1.41 bits per heavy atom. The first kappa shape index (κ1) is 16.9. The molecule has 0 spiro atoms. The summed E-state index contributed by atoms with van der Waals surface area (Å²) in [4.78, 5) is 14.2. The number of nitrogens with one attached hydrogen (secondary N) is 1. The van der Waals surface area contributed by atoms with Gasteiger partial charge in [0.05, 0.1) is 6.61 Å². The van der Waals surface area contributed by atoms with Crippen molar-refractivity contribution in [2.24, 2.45) is 10.2 Å². The number of nitrogens with zero attached hydrogens (tertiary/aromatic N) is 3. The van der Waals surface area contributed by atoms with Gasteiger partial charge in [0.15, 0.2) is 5.66 Å². The van der Waals surface area contributed by atoms with E-state index in [2.05, 4.69) is 21.5 Å². The van der Waals surface area contributed by atoms with E-state index in [-0.39, 0.29) is 11.6 Å². The lowest BCUT2D eigenvalue weighted by atomic mass is 10.0. The molecule has 0 aromatic heterocycles. The predicted molar refractivity (Wildman–Crippen MR) is 84.4 cm³/mol. The van der Waals surface area contributed by atoms with Gasteiger partial charge in [-0.2, -0.15) is 10.2 Å². The van der Waals surface area contributed by atoms with Crippen LogP contribution in [0.5, 0.6) is 0 Å². The average molecular weight is 306 g/mol. The molecule has 2 aliphatic heterocycles. The van der Waals surface area contributed by atoms with Crippen LogP contribution in [0.4, 0.5) is 0 Å². The van der Waals surface area contributed by atoms with Crippen molar-refractivity contribution in [2.45, 2.75) is 50.2 Å². The Hall–Kier alpha value is -1.45. The minimum atomic E-state index is -0.345. The quantitative estimate of drug-likeness (QED) is 0.519. The van der Waals surface area contributed by atoms with Gasteiger partial charge in [-0.25, -0.2) is 0 Å². The third-order valence-corrected chi connectivity index (χ3v) is 4.38. The lowest BCUT2D eigenvalue weighted by Gasteiger charge is -2.32. The van der Waals surface area contributed by atoms with Crippen LogP contribution in [0, 0.1) is 12.3 Å². The molecule has 6 heteroatoms. The van der Waals surface area contributed by atoms with Crippen molar-refractivity contribution in [2.75, 3.05) is 33.4 Å². The maximum absolute atomic E-state index is 12.3. The Labute approximate surface area is 132 Å². The molecular formula is C16H26N4O2. The molecule has 0 bridgehead atoms. The summed E-state index contributed by atoms with van der Waals surface area (Å²) >= 11 is 0. The largest absolute Gasteiger partial charge is 0.383 e. The molecule has 2 aliphatic rings. The summed E-state index contributed by atoms with van der Waals surface area (Å²) < 4.78 is 5.03. The Morgan fingerprint density at radius 3 is 2.73 bits per heavy atom. The van der Waals surface area contributed by atoms with Crippen molar-refractivity contribution < 1.29 is 9.53 Å². The van der Waals surface area contributed by atoms with Crippen molar-refractivity contribution >= 4 is 5.91 Å². The van der Waals surface area contributed by atoms with Gasteiger partial charge in [-0.15, -0.1) is 12.3 Å². The number of carbonyl (C=O) groups excluding carboxylic acids is 1. The fourth-order valence-corrected chi connectivity index (χ4v) is 2.83. The van der Waals surface area contributed by atoms with Crippen molar-refractivity contribution in [3.63, 3.8) is 0 Å². The minimum Gasteiger partial charge on any atom is -0.383 e. The van der Waals surface area contributed by atoms with Gasteiger partial charge < -0.3 is 15.0 Å². The molecule has 0 aromatic carbocycles. The van der Waals surface area contributed by atoms with Crippen LogP contribution in [0.25, 0.3) is 0 Å². The number of likely N-dealkylation sites (tertiary alicyclic amines) is 1. The molecule has 122 valence electrons. The fraction of sp³-hybridized carbons (Fsp3) is 0.812. The monoisotopic (exact) mass is 306 g/mol. The predicted octanol–water partition coefficient (Wildman–Crippen LogP) is 1.57. The molecule has 0 atom stereocenters. The maximum atomic E-state index is 12.3. The molecule has 2 rings (SSSR count). The molecule has 0 radical (unpaired) electrons. The van der Waals surface area contributed by atoms with Crippen LogP contribution >= 0.6 is 0 Å². The van der Waals surface area contributed by atoms with Gasteiger partial charge in [0.2, 0.25) is 5.91 Å². The number of amides is 1. The van der Waals surface area contributed by atoms with E-state index in [1.165, 1.54) is 0 Å². The summed E-state index contributed by atoms with van der Waals surface area (Å²) in [6.45, 7) is 3.26. The summed E-state index contributed by atoms with van der Waals surface area (Å²) in [6.07, 6.45) is 9.92. The fourth-order valence-electron chi connectivity index (χ4n) is 2.83. The molecule has 0 aliphatic carbocycles. The van der Waals surface area contributed by atoms with Crippen LogP contribution in [0.15, 0.2) is 10.2 Å². The molecule has 1 fully saturated rings. The molecule has 0 saturated carbocycles. The number of ether oxygens (including phenoxy) is 1. The summed E-state index contributed by atoms with van der Waals surface area (Å²) in [6, 6.07) is 0.495. The first-order chi connectivity index (χ1) is 10.7. The number of carbonyl (C=O) groups is 1. The molecule has 0 aromatic rings. The van der Waals surface area contributed by atoms with Crippen LogP contribution in [-0.4, -0.2) is 55.9 Å². The van der Waals surface area contributed by atoms with E-state index in [9.17, 15) is 4.79 Å². The van der Waals surface area contributed by atoms with Crippen LogP contribution in [0.2, 0.25) is 0 Å². The number of hydrogen-bond acceptors (Lipinski definition) is 5. The van der Waals surface area contributed by atoms with E-state index in [1.807, 2.05) is 4.90 Å². The zero-order valence-corrected chi connectivity index (χ0v) is 13.4. The molecule has 1 amide bonds. The van der Waals surface area contributed by atoms with Gasteiger partial charge in [-0.3, -0.25) is 4.79 Å². The highest BCUT2D eigenvalue weighted by atomic mass is 16.5. The van der Waals surface area contributed by atoms with Crippen molar-refractivity contribution in [3.05, 3.63) is 0 Å². The second-order valence-electron chi connectivity index (χ2n) is 5.99. The second kappa shape index (κ2) is 8.25. The molecule has 1 saturated heterocycles. The van der Waals surface area contributed by atoms with E-state index >= 15 is 0 Å². The lowest BCUT2D eigenvalue weighted by molar-refractivity contribution is -0.132. The number of rotatable bonds is 9. The van der Waals surface area contributed by atoms with Gasteiger partial charge >= 0.3 is 0 Å². The molecular weight excluding hydrogens is 280 g/mol. The SMILES string of the molecule is C#CCCC1(CCC(=O)N2CCC(NCCOC)CC2)N=N1. The Bertz CT molecular complexity index is 430. The maximum Gasteiger partial charge on any atom is 0.222 e. The standard InChI is InChI=1S/C16H26N4O2/c1-3-4-8-16(18-19-16)9-5-15(21)20-11-6-14(7-12-20)17-10-13-22-2/h1,14,17H,4-13H2,2H3. The lowest BCUT2D eigenvalue weighted by Crippen LogP contribution is -2.45. The minimum absolute atomic E-state index is 0.215. The van der Waals surface area contributed by atoms with Gasteiger partial charge in [-0.1, -0.05) is 0 Å². The third-order valence-electron chi connectivity index (χ3n) is 4.38. The average Bonchev–Trinajstić information content (AvgIpc) is 3.32. The topological polar surface area (TPSA) is 66.3 Å². The molecule has 1 N–H and O–H groups in total. The number of terminal acetylenes is 1. The highest BCUT2D eigenvalue weighted by Gasteiger charge is 2.39. The van der Waals surface area contributed by atoms with E-state index in [0.717, 1.165) is 45.5 Å². The second-order valence-corrected chi connectivity index (χ2v) is 5.99. The van der Waals surface area contributed by atoms with Crippen molar-refractivity contribution in [3.8, 4) is 12.3 Å². The van der Waals surface area contributed by atoms with Crippen LogP contribution in [0.1, 0.15) is 38.5 Å². The van der Waals surface area contributed by atoms with Crippen LogP contribution < -0.4 is 5.32 Å². The zero-order valence-electron chi connectivity index (χ0n) is 13.4. The van der Waals surface area contributed by atoms with E-state index in [0.29, 0.717) is 25.3 Å². The Morgan fingerprint density at radius 2 is 2.14 bits per heavy atom. The highest BCUT2D eigenvalue weighted by Crippen LogP contribution is 2.37. The third kappa shape index (κ3) is 5.08. The highest BCUT2D eigenvalue weighted by molar-refractivity contribution is 5.76. The first-order valence-electron chi connectivity index (χ1n) is 8.07. The van der Waals surface area contributed by atoms with Crippen LogP contribution in [-0.2, 0) is 9.53 Å². The van der Waals surface area contributed by atoms with Crippen molar-refractivity contribution in [1.29, 1.82) is 0 Å². The Kier molecular flexibility index (Phi) is 6.34. The van der Waals surface area contributed by atoms with Gasteiger partial charge in [0.1, 0.15) is 0 Å².